The summed E-state index contributed by atoms with van der Waals surface area (Å²) in [5, 5.41) is 11.5. The number of nitrogens with zero attached hydrogens (tertiary/aromatic N) is 1. The maximum absolute atomic E-state index is 12.3. The molecule has 1 N–H and O–H groups in total. The summed E-state index contributed by atoms with van der Waals surface area (Å²) in [6.45, 7) is 2.85. The van der Waals surface area contributed by atoms with Crippen LogP contribution in [0.3, 0.4) is 0 Å². The lowest BCUT2D eigenvalue weighted by molar-refractivity contribution is -0.149. The predicted octanol–water partition coefficient (Wildman–Crippen LogP) is 2.81. The van der Waals surface area contributed by atoms with Crippen LogP contribution < -0.4 is 10.1 Å². The fraction of sp³-hybridized carbons (Fsp3) is 0.238. The van der Waals surface area contributed by atoms with Gasteiger partial charge in [-0.05, 0) is 61.9 Å². The molecular weight excluding hydrogens is 360 g/mol. The molecule has 1 aliphatic heterocycles. The number of fused-ring (bicyclic) bond motifs is 1. The molecule has 0 saturated heterocycles. The van der Waals surface area contributed by atoms with E-state index in [0.717, 1.165) is 5.56 Å². The van der Waals surface area contributed by atoms with Crippen molar-refractivity contribution >= 4 is 23.3 Å². The molecule has 142 valence electrons. The van der Waals surface area contributed by atoms with Gasteiger partial charge in [0.2, 0.25) is 5.91 Å². The lowest BCUT2D eigenvalue weighted by Crippen LogP contribution is -2.28. The molecule has 0 spiro atoms. The molecule has 1 aliphatic rings. The highest BCUT2D eigenvalue weighted by atomic mass is 16.6. The molecule has 0 fully saturated rings. The third kappa shape index (κ3) is 4.01. The maximum atomic E-state index is 12.3. The Labute approximate surface area is 161 Å². The number of nitrogens with one attached hydrogen (secondary N) is 1. The van der Waals surface area contributed by atoms with Crippen molar-refractivity contribution in [2.24, 2.45) is 0 Å². The summed E-state index contributed by atoms with van der Waals surface area (Å²) in [6.07, 6.45) is -0.914. The first-order chi connectivity index (χ1) is 13.4. The van der Waals surface area contributed by atoms with Crippen molar-refractivity contribution in [2.75, 3.05) is 11.9 Å². The van der Waals surface area contributed by atoms with Crippen molar-refractivity contribution in [1.29, 1.82) is 5.26 Å². The third-order valence-electron chi connectivity index (χ3n) is 4.46. The van der Waals surface area contributed by atoms with Crippen LogP contribution in [-0.4, -0.2) is 30.4 Å². The minimum atomic E-state index is -0.914. The summed E-state index contributed by atoms with van der Waals surface area (Å²) in [4.78, 5) is 36.1. The lowest BCUT2D eigenvalue weighted by Gasteiger charge is -2.14. The highest BCUT2D eigenvalue weighted by molar-refractivity contribution is 6.05. The summed E-state index contributed by atoms with van der Waals surface area (Å²) in [5.74, 6) is -1.07. The second-order valence-electron chi connectivity index (χ2n) is 6.44. The highest BCUT2D eigenvalue weighted by Crippen LogP contribution is 2.32. The van der Waals surface area contributed by atoms with Crippen molar-refractivity contribution in [3.8, 4) is 11.8 Å². The minimum Gasteiger partial charge on any atom is -0.479 e. The van der Waals surface area contributed by atoms with Gasteiger partial charge in [-0.2, -0.15) is 5.26 Å². The zero-order chi connectivity index (χ0) is 20.3. The van der Waals surface area contributed by atoms with Gasteiger partial charge in [-0.25, -0.2) is 4.79 Å². The fourth-order valence-electron chi connectivity index (χ4n) is 2.79. The molecule has 2 aromatic rings. The van der Waals surface area contributed by atoms with Crippen LogP contribution in [0.5, 0.6) is 5.75 Å². The summed E-state index contributed by atoms with van der Waals surface area (Å²) < 4.78 is 10.5. The molecule has 0 unspecified atom stereocenters. The molecule has 1 heterocycles. The number of Topliss-reactive ketones (excluding diaryl/α,β-unsaturated/α-hetero) is 1. The van der Waals surface area contributed by atoms with Crippen molar-refractivity contribution in [1.82, 2.24) is 0 Å². The normalized spacial score (nSPS) is 15.8. The smallest absolute Gasteiger partial charge is 0.347 e. The van der Waals surface area contributed by atoms with Crippen molar-refractivity contribution in [3.63, 3.8) is 0 Å². The first-order valence-corrected chi connectivity index (χ1v) is 8.70. The second-order valence-corrected chi connectivity index (χ2v) is 6.44. The molecule has 7 heteroatoms. The largest absolute Gasteiger partial charge is 0.479 e. The van der Waals surface area contributed by atoms with Crippen LogP contribution in [0.2, 0.25) is 0 Å². The number of ether oxygens (including phenoxy) is 2. The first kappa shape index (κ1) is 19.1. The molecule has 0 radical (unpaired) electrons. The van der Waals surface area contributed by atoms with E-state index in [1.807, 2.05) is 6.07 Å². The molecule has 1 amide bonds. The van der Waals surface area contributed by atoms with Gasteiger partial charge in [-0.15, -0.1) is 0 Å². The number of esters is 1. The van der Waals surface area contributed by atoms with Gasteiger partial charge >= 0.3 is 5.97 Å². The van der Waals surface area contributed by atoms with E-state index in [2.05, 4.69) is 5.32 Å². The van der Waals surface area contributed by atoms with Gasteiger partial charge in [-0.3, -0.25) is 9.59 Å². The second kappa shape index (κ2) is 7.92. The number of rotatable bonds is 6. The zero-order valence-electron chi connectivity index (χ0n) is 15.4. The van der Waals surface area contributed by atoms with Gasteiger partial charge in [0.05, 0.1) is 17.6 Å². The molecule has 2 aromatic carbocycles. The highest BCUT2D eigenvalue weighted by Gasteiger charge is 2.27. The van der Waals surface area contributed by atoms with Crippen LogP contribution in [0.4, 0.5) is 5.69 Å². The van der Waals surface area contributed by atoms with Crippen LogP contribution in [0.1, 0.15) is 41.3 Å². The third-order valence-corrected chi connectivity index (χ3v) is 4.46. The van der Waals surface area contributed by atoms with Crippen molar-refractivity contribution in [2.45, 2.75) is 25.9 Å². The van der Waals surface area contributed by atoms with E-state index < -0.39 is 18.7 Å². The number of amides is 1. The number of ketones is 1. The quantitative estimate of drug-likeness (QED) is 0.612. The van der Waals surface area contributed by atoms with Crippen LogP contribution in [0, 0.1) is 11.3 Å². The van der Waals surface area contributed by atoms with Crippen LogP contribution >= 0.6 is 0 Å². The van der Waals surface area contributed by atoms with Crippen molar-refractivity contribution in [3.05, 3.63) is 59.2 Å². The van der Waals surface area contributed by atoms with Gasteiger partial charge in [0.1, 0.15) is 5.75 Å². The minimum absolute atomic E-state index is 0.111. The Morgan fingerprint density at radius 2 is 1.93 bits per heavy atom. The van der Waals surface area contributed by atoms with E-state index in [0.29, 0.717) is 22.6 Å². The standard InChI is InChI=1S/C21H18N2O5/c1-12-17-9-15(5-8-18(17)23-20(12)25)19(24)11-27-21(26)13(2)28-16-6-3-14(10-22)4-7-16/h3-9,12-13H,11H2,1-2H3,(H,23,25)/t12-,13-/m1/s1. The molecule has 0 aromatic heterocycles. The van der Waals surface area contributed by atoms with Crippen molar-refractivity contribution < 1.29 is 23.9 Å². The molecule has 3 rings (SSSR count). The van der Waals surface area contributed by atoms with Gasteiger partial charge < -0.3 is 14.8 Å². The first-order valence-electron chi connectivity index (χ1n) is 8.70. The summed E-state index contributed by atoms with van der Waals surface area (Å²) in [7, 11) is 0. The zero-order valence-corrected chi connectivity index (χ0v) is 15.4. The summed E-state index contributed by atoms with van der Waals surface area (Å²) in [6, 6.07) is 13.2. The van der Waals surface area contributed by atoms with Gasteiger partial charge in [0, 0.05) is 11.3 Å². The number of hydrogen-bond acceptors (Lipinski definition) is 6. The molecule has 0 saturated carbocycles. The number of hydrogen-bond donors (Lipinski definition) is 1. The van der Waals surface area contributed by atoms with E-state index in [-0.39, 0.29) is 17.6 Å². The van der Waals surface area contributed by atoms with E-state index in [9.17, 15) is 14.4 Å². The topological polar surface area (TPSA) is 105 Å². The average molecular weight is 378 g/mol. The fourth-order valence-corrected chi connectivity index (χ4v) is 2.79. The molecule has 0 aliphatic carbocycles. The summed E-state index contributed by atoms with van der Waals surface area (Å²) >= 11 is 0. The Bertz CT molecular complexity index is 975. The number of benzene rings is 2. The molecular formula is C21H18N2O5. The Hall–Kier alpha value is -3.66. The molecule has 0 bridgehead atoms. The Kier molecular flexibility index (Phi) is 5.41. The number of nitriles is 1. The Morgan fingerprint density at radius 1 is 1.21 bits per heavy atom. The van der Waals surface area contributed by atoms with E-state index >= 15 is 0 Å². The summed E-state index contributed by atoms with van der Waals surface area (Å²) in [5.41, 5.74) is 2.29. The number of carbonyl (C=O) groups is 3. The average Bonchev–Trinajstić information content (AvgIpc) is 2.99. The molecule has 28 heavy (non-hydrogen) atoms. The van der Waals surface area contributed by atoms with Crippen LogP contribution in [0.25, 0.3) is 0 Å². The number of anilines is 1. The molecule has 2 atom stereocenters. The van der Waals surface area contributed by atoms with Gasteiger partial charge in [0.15, 0.2) is 18.5 Å². The Morgan fingerprint density at radius 3 is 2.61 bits per heavy atom. The predicted molar refractivity (Wildman–Crippen MR) is 100 cm³/mol. The van der Waals surface area contributed by atoms with Crippen LogP contribution in [-0.2, 0) is 14.3 Å². The lowest BCUT2D eigenvalue weighted by atomic mass is 9.99. The van der Waals surface area contributed by atoms with E-state index in [4.69, 9.17) is 14.7 Å². The maximum Gasteiger partial charge on any atom is 0.347 e. The Balaban J connectivity index is 1.56. The van der Waals surface area contributed by atoms with Gasteiger partial charge in [0.25, 0.3) is 0 Å². The SMILES string of the molecule is C[C@@H](Oc1ccc(C#N)cc1)C(=O)OCC(=O)c1ccc2c(c1)[C@@H](C)C(=O)N2. The van der Waals surface area contributed by atoms with E-state index in [1.165, 1.54) is 6.92 Å². The van der Waals surface area contributed by atoms with Crippen LogP contribution in [0.15, 0.2) is 42.5 Å². The molecule has 7 nitrogen and oxygen atoms in total. The van der Waals surface area contributed by atoms with Gasteiger partial charge in [-0.1, -0.05) is 0 Å². The monoisotopic (exact) mass is 378 g/mol. The van der Waals surface area contributed by atoms with E-state index in [1.54, 1.807) is 49.4 Å². The number of carbonyl (C=O) groups excluding carboxylic acids is 3.